The molecule has 1 aromatic carbocycles. The molecule has 3 amide bonds. The Hall–Kier alpha value is -3.10. The molecule has 0 spiro atoms. The molecule has 9 nitrogen and oxygen atoms in total. The van der Waals surface area contributed by atoms with Crippen LogP contribution in [-0.2, 0) is 11.8 Å². The van der Waals surface area contributed by atoms with Crippen molar-refractivity contribution in [3.63, 3.8) is 0 Å². The topological polar surface area (TPSA) is 101 Å². The van der Waals surface area contributed by atoms with Crippen molar-refractivity contribution in [3.05, 3.63) is 30.6 Å². The van der Waals surface area contributed by atoms with Crippen molar-refractivity contribution in [2.24, 2.45) is 7.05 Å². The van der Waals surface area contributed by atoms with Gasteiger partial charge in [-0.15, -0.1) is 10.2 Å². The Balaban J connectivity index is 1.46. The van der Waals surface area contributed by atoms with E-state index in [4.69, 9.17) is 4.74 Å². The van der Waals surface area contributed by atoms with Gasteiger partial charge in [-0.05, 0) is 30.7 Å². The molecule has 0 aliphatic carbocycles. The van der Waals surface area contributed by atoms with E-state index in [-0.39, 0.29) is 12.1 Å². The van der Waals surface area contributed by atoms with Crippen molar-refractivity contribution in [2.75, 3.05) is 31.6 Å². The zero-order valence-electron chi connectivity index (χ0n) is 13.9. The number of ether oxygens (including phenoxy) is 1. The lowest BCUT2D eigenvalue weighted by molar-refractivity contribution is 0.0736. The Morgan fingerprint density at radius 1 is 1.32 bits per heavy atom. The first-order valence-electron chi connectivity index (χ1n) is 8.04. The molecule has 0 saturated carbocycles. The summed E-state index contributed by atoms with van der Waals surface area (Å²) in [6, 6.07) is 7.00. The molecule has 1 aliphatic rings. The van der Waals surface area contributed by atoms with Crippen LogP contribution in [0.15, 0.2) is 30.6 Å². The molecule has 2 aromatic rings. The van der Waals surface area contributed by atoms with Crippen molar-refractivity contribution < 1.29 is 14.3 Å². The number of carbonyl (C=O) groups is 2. The van der Waals surface area contributed by atoms with Crippen LogP contribution in [0.3, 0.4) is 0 Å². The van der Waals surface area contributed by atoms with Crippen LogP contribution < -0.4 is 10.6 Å². The maximum atomic E-state index is 11.9. The molecule has 2 heterocycles. The number of aryl methyl sites for hydroxylation is 1. The number of hydrogen-bond acceptors (Lipinski definition) is 5. The molecule has 3 rings (SSSR count). The Morgan fingerprint density at radius 2 is 2.12 bits per heavy atom. The molecule has 2 N–H and O–H groups in total. The summed E-state index contributed by atoms with van der Waals surface area (Å²) in [6.07, 6.45) is 2.12. The number of cyclic esters (lactones) is 1. The summed E-state index contributed by atoms with van der Waals surface area (Å²) in [4.78, 5) is 25.0. The monoisotopic (exact) mass is 344 g/mol. The van der Waals surface area contributed by atoms with Crippen LogP contribution in [0.4, 0.5) is 15.3 Å². The third-order valence-corrected chi connectivity index (χ3v) is 3.84. The zero-order valence-corrected chi connectivity index (χ0v) is 13.9. The van der Waals surface area contributed by atoms with Crippen LogP contribution in [0.1, 0.15) is 6.42 Å². The smallest absolute Gasteiger partial charge is 0.409 e. The SMILES string of the molecule is Cn1cnnc1-c1ccc(NC(=O)NCCN2CCCOC2=O)cc1. The first-order valence-corrected chi connectivity index (χ1v) is 8.04. The molecule has 25 heavy (non-hydrogen) atoms. The van der Waals surface area contributed by atoms with E-state index in [1.54, 1.807) is 23.4 Å². The summed E-state index contributed by atoms with van der Waals surface area (Å²) in [5.74, 6) is 0.754. The molecule has 0 unspecified atom stereocenters. The number of carbonyl (C=O) groups excluding carboxylic acids is 2. The molecular formula is C16H20N6O3. The zero-order chi connectivity index (χ0) is 17.6. The van der Waals surface area contributed by atoms with Crippen molar-refractivity contribution in [1.82, 2.24) is 25.0 Å². The Morgan fingerprint density at radius 3 is 2.80 bits per heavy atom. The average molecular weight is 344 g/mol. The summed E-state index contributed by atoms with van der Waals surface area (Å²) in [5.41, 5.74) is 1.58. The largest absolute Gasteiger partial charge is 0.449 e. The van der Waals surface area contributed by atoms with Gasteiger partial charge in [-0.2, -0.15) is 0 Å². The lowest BCUT2D eigenvalue weighted by Crippen LogP contribution is -2.43. The van der Waals surface area contributed by atoms with Crippen LogP contribution in [0.25, 0.3) is 11.4 Å². The van der Waals surface area contributed by atoms with Crippen molar-refractivity contribution in [1.29, 1.82) is 0 Å². The molecule has 132 valence electrons. The number of aromatic nitrogens is 3. The Bertz CT molecular complexity index is 743. The lowest BCUT2D eigenvalue weighted by atomic mass is 10.2. The highest BCUT2D eigenvalue weighted by Crippen LogP contribution is 2.18. The van der Waals surface area contributed by atoms with Gasteiger partial charge in [0.1, 0.15) is 6.33 Å². The van der Waals surface area contributed by atoms with Crippen molar-refractivity contribution >= 4 is 17.8 Å². The second kappa shape index (κ2) is 7.65. The molecule has 0 radical (unpaired) electrons. The fourth-order valence-electron chi connectivity index (χ4n) is 2.53. The first-order chi connectivity index (χ1) is 12.1. The predicted octanol–water partition coefficient (Wildman–Crippen LogP) is 1.45. The first kappa shape index (κ1) is 16.7. The van der Waals surface area contributed by atoms with Crippen LogP contribution in [0, 0.1) is 0 Å². The lowest BCUT2D eigenvalue weighted by Gasteiger charge is -2.26. The molecule has 0 atom stereocenters. The predicted molar refractivity (Wildman–Crippen MR) is 91.0 cm³/mol. The van der Waals surface area contributed by atoms with E-state index in [2.05, 4.69) is 20.8 Å². The molecule has 1 saturated heterocycles. The second-order valence-electron chi connectivity index (χ2n) is 5.68. The van der Waals surface area contributed by atoms with Crippen LogP contribution in [0.2, 0.25) is 0 Å². The minimum atomic E-state index is -0.326. The third-order valence-electron chi connectivity index (χ3n) is 3.84. The van der Waals surface area contributed by atoms with Crippen molar-refractivity contribution in [2.45, 2.75) is 6.42 Å². The number of rotatable bonds is 5. The minimum Gasteiger partial charge on any atom is -0.449 e. The fraction of sp³-hybridized carbons (Fsp3) is 0.375. The molecule has 1 aromatic heterocycles. The maximum absolute atomic E-state index is 11.9. The van der Waals surface area contributed by atoms with Gasteiger partial charge in [-0.3, -0.25) is 0 Å². The molecule has 9 heteroatoms. The number of urea groups is 1. The normalized spacial score (nSPS) is 14.1. The molecule has 0 bridgehead atoms. The molecule has 1 aliphatic heterocycles. The summed E-state index contributed by atoms with van der Waals surface area (Å²) in [5, 5.41) is 13.4. The number of anilines is 1. The average Bonchev–Trinajstić information content (AvgIpc) is 3.03. The highest BCUT2D eigenvalue weighted by molar-refractivity contribution is 5.89. The summed E-state index contributed by atoms with van der Waals surface area (Å²) in [7, 11) is 1.87. The van der Waals surface area contributed by atoms with Gasteiger partial charge in [0.05, 0.1) is 6.61 Å². The second-order valence-corrected chi connectivity index (χ2v) is 5.68. The van der Waals surface area contributed by atoms with E-state index in [0.29, 0.717) is 31.9 Å². The van der Waals surface area contributed by atoms with Gasteiger partial charge in [0.25, 0.3) is 0 Å². The van der Waals surface area contributed by atoms with E-state index >= 15 is 0 Å². The van der Waals surface area contributed by atoms with Gasteiger partial charge >= 0.3 is 12.1 Å². The van der Waals surface area contributed by atoms with Crippen LogP contribution in [-0.4, -0.2) is 58.0 Å². The van der Waals surface area contributed by atoms with Gasteiger partial charge in [0.2, 0.25) is 0 Å². The number of benzene rings is 1. The highest BCUT2D eigenvalue weighted by atomic mass is 16.6. The van der Waals surface area contributed by atoms with Gasteiger partial charge in [0.15, 0.2) is 5.82 Å². The maximum Gasteiger partial charge on any atom is 0.409 e. The van der Waals surface area contributed by atoms with Gasteiger partial charge in [-0.1, -0.05) is 0 Å². The number of amides is 3. The Kier molecular flexibility index (Phi) is 5.12. The Labute approximate surface area is 145 Å². The van der Waals surface area contributed by atoms with E-state index in [0.717, 1.165) is 17.8 Å². The van der Waals surface area contributed by atoms with Gasteiger partial charge in [0, 0.05) is 37.9 Å². The van der Waals surface area contributed by atoms with Crippen LogP contribution >= 0.6 is 0 Å². The molecule has 1 fully saturated rings. The number of nitrogens with zero attached hydrogens (tertiary/aromatic N) is 4. The van der Waals surface area contributed by atoms with E-state index in [9.17, 15) is 9.59 Å². The van der Waals surface area contributed by atoms with E-state index in [1.165, 1.54) is 0 Å². The quantitative estimate of drug-likeness (QED) is 0.855. The highest BCUT2D eigenvalue weighted by Gasteiger charge is 2.18. The van der Waals surface area contributed by atoms with Gasteiger partial charge in [-0.25, -0.2) is 9.59 Å². The summed E-state index contributed by atoms with van der Waals surface area (Å²) >= 11 is 0. The van der Waals surface area contributed by atoms with Crippen molar-refractivity contribution in [3.8, 4) is 11.4 Å². The third kappa shape index (κ3) is 4.25. The van der Waals surface area contributed by atoms with Gasteiger partial charge < -0.3 is 24.8 Å². The summed E-state index contributed by atoms with van der Waals surface area (Å²) in [6.45, 7) is 1.91. The number of hydrogen-bond donors (Lipinski definition) is 2. The van der Waals surface area contributed by atoms with E-state index < -0.39 is 0 Å². The molecular weight excluding hydrogens is 324 g/mol. The number of nitrogens with one attached hydrogen (secondary N) is 2. The minimum absolute atomic E-state index is 0.322. The van der Waals surface area contributed by atoms with Crippen LogP contribution in [0.5, 0.6) is 0 Å². The fourth-order valence-corrected chi connectivity index (χ4v) is 2.53. The summed E-state index contributed by atoms with van der Waals surface area (Å²) < 4.78 is 6.76. The standard InChI is InChI=1S/C16H20N6O3/c1-21-11-18-20-14(21)12-3-5-13(6-4-12)19-15(23)17-7-9-22-8-2-10-25-16(22)24/h3-6,11H,2,7-10H2,1H3,(H2,17,19,23). The van der Waals surface area contributed by atoms with E-state index in [1.807, 2.05) is 23.7 Å².